The van der Waals surface area contributed by atoms with E-state index in [9.17, 15) is 9.90 Å². The Morgan fingerprint density at radius 3 is 3.00 bits per heavy atom. The maximum Gasteiger partial charge on any atom is 0.333 e. The Kier molecular flexibility index (Phi) is 3.09. The lowest BCUT2D eigenvalue weighted by Gasteiger charge is -2.14. The average molecular weight is 242 g/mol. The fourth-order valence-corrected chi connectivity index (χ4v) is 1.76. The summed E-state index contributed by atoms with van der Waals surface area (Å²) < 4.78 is 7.61. The number of hydrogen-bond donors (Lipinski definition) is 3. The fourth-order valence-electron chi connectivity index (χ4n) is 1.76. The van der Waals surface area contributed by atoms with E-state index in [2.05, 4.69) is 4.98 Å². The van der Waals surface area contributed by atoms with Crippen LogP contribution in [0.4, 0.5) is 0 Å². The topological polar surface area (TPSA) is 113 Å². The number of aromatic nitrogens is 3. The third-order valence-corrected chi connectivity index (χ3v) is 2.82. The highest BCUT2D eigenvalue weighted by Gasteiger charge is 2.35. The van der Waals surface area contributed by atoms with E-state index in [1.165, 1.54) is 17.9 Å². The van der Waals surface area contributed by atoms with Crippen molar-refractivity contribution in [2.45, 2.75) is 24.9 Å². The molecule has 1 aromatic heterocycles. The molecule has 1 unspecified atom stereocenters. The van der Waals surface area contributed by atoms with Gasteiger partial charge in [0.1, 0.15) is 18.7 Å². The second-order valence-electron chi connectivity index (χ2n) is 3.93. The molecule has 3 N–H and O–H groups in total. The van der Waals surface area contributed by atoms with Crippen molar-refractivity contribution in [2.24, 2.45) is 7.05 Å². The number of hydrogen-bond acceptors (Lipinski definition) is 6. The maximum atomic E-state index is 11.8. The number of aliphatic hydroxyl groups is 2. The van der Waals surface area contributed by atoms with Crippen LogP contribution in [0.3, 0.4) is 0 Å². The molecule has 3 atom stereocenters. The van der Waals surface area contributed by atoms with Gasteiger partial charge in [0.25, 0.3) is 0 Å². The summed E-state index contributed by atoms with van der Waals surface area (Å²) in [5.74, 6) is 0. The van der Waals surface area contributed by atoms with Crippen LogP contribution in [0, 0.1) is 5.41 Å². The van der Waals surface area contributed by atoms with Gasteiger partial charge in [0, 0.05) is 13.5 Å². The second kappa shape index (κ2) is 4.40. The summed E-state index contributed by atoms with van der Waals surface area (Å²) in [4.78, 5) is 15.5. The van der Waals surface area contributed by atoms with Crippen LogP contribution in [0.2, 0.25) is 0 Å². The maximum absolute atomic E-state index is 11.8. The second-order valence-corrected chi connectivity index (χ2v) is 3.93. The zero-order valence-electron chi connectivity index (χ0n) is 9.28. The van der Waals surface area contributed by atoms with Gasteiger partial charge in [-0.1, -0.05) is 0 Å². The van der Waals surface area contributed by atoms with Gasteiger partial charge in [-0.25, -0.2) is 9.78 Å². The summed E-state index contributed by atoms with van der Waals surface area (Å²) in [6.07, 6.45) is -0.730. The van der Waals surface area contributed by atoms with Crippen molar-refractivity contribution < 1.29 is 14.9 Å². The van der Waals surface area contributed by atoms with E-state index in [1.54, 1.807) is 0 Å². The fraction of sp³-hybridized carbons (Fsp3) is 0.667. The van der Waals surface area contributed by atoms with Crippen LogP contribution in [0.15, 0.2) is 11.1 Å². The minimum Gasteiger partial charge on any atom is -0.394 e. The van der Waals surface area contributed by atoms with E-state index in [-0.39, 0.29) is 18.6 Å². The first-order chi connectivity index (χ1) is 8.04. The molecule has 94 valence electrons. The van der Waals surface area contributed by atoms with Crippen molar-refractivity contribution in [3.63, 3.8) is 0 Å². The van der Waals surface area contributed by atoms with Gasteiger partial charge in [0.2, 0.25) is 5.62 Å². The molecule has 8 heteroatoms. The molecule has 0 spiro atoms. The van der Waals surface area contributed by atoms with Crippen molar-refractivity contribution in [3.05, 3.63) is 22.4 Å². The smallest absolute Gasteiger partial charge is 0.333 e. The van der Waals surface area contributed by atoms with Crippen LogP contribution >= 0.6 is 0 Å². The molecule has 0 aromatic carbocycles. The highest BCUT2D eigenvalue weighted by Crippen LogP contribution is 2.26. The molecule has 1 saturated heterocycles. The Hall–Kier alpha value is -1.51. The van der Waals surface area contributed by atoms with Gasteiger partial charge in [-0.05, 0) is 0 Å². The molecule has 8 nitrogen and oxygen atoms in total. The van der Waals surface area contributed by atoms with Gasteiger partial charge in [-0.15, -0.1) is 0 Å². The highest BCUT2D eigenvalue weighted by molar-refractivity contribution is 4.83. The van der Waals surface area contributed by atoms with Crippen molar-refractivity contribution in [1.29, 1.82) is 5.41 Å². The summed E-state index contributed by atoms with van der Waals surface area (Å²) in [5, 5.41) is 25.9. The molecule has 1 aliphatic rings. The van der Waals surface area contributed by atoms with E-state index in [0.717, 1.165) is 4.57 Å². The van der Waals surface area contributed by atoms with Crippen LogP contribution in [0.25, 0.3) is 0 Å². The van der Waals surface area contributed by atoms with Crippen molar-refractivity contribution in [1.82, 2.24) is 14.1 Å². The van der Waals surface area contributed by atoms with Crippen molar-refractivity contribution >= 4 is 0 Å². The molecule has 1 fully saturated rings. The molecule has 1 aromatic rings. The summed E-state index contributed by atoms with van der Waals surface area (Å²) in [5.41, 5.74) is -0.593. The van der Waals surface area contributed by atoms with Gasteiger partial charge in [0.15, 0.2) is 0 Å². The standard InChI is InChI=1S/C9H14N4O4/c1-12-8(10)11-4-13(9(12)16)7-2-5(15)6(3-14)17-7/h4-7,10,14-15H,2-3H2,1H3/t5-,6?,7-/m1/s1. The van der Waals surface area contributed by atoms with Gasteiger partial charge in [0.05, 0.1) is 12.7 Å². The Bertz CT molecular complexity index is 522. The highest BCUT2D eigenvalue weighted by atomic mass is 16.5. The van der Waals surface area contributed by atoms with Crippen LogP contribution < -0.4 is 11.3 Å². The largest absolute Gasteiger partial charge is 0.394 e. The lowest BCUT2D eigenvalue weighted by molar-refractivity contribution is -0.0467. The lowest BCUT2D eigenvalue weighted by Crippen LogP contribution is -2.40. The minimum atomic E-state index is -0.808. The van der Waals surface area contributed by atoms with E-state index < -0.39 is 24.1 Å². The van der Waals surface area contributed by atoms with E-state index >= 15 is 0 Å². The molecule has 17 heavy (non-hydrogen) atoms. The summed E-state index contributed by atoms with van der Waals surface area (Å²) in [6, 6.07) is 0. The molecular weight excluding hydrogens is 228 g/mol. The van der Waals surface area contributed by atoms with Crippen LogP contribution in [-0.4, -0.2) is 43.1 Å². The Balaban J connectivity index is 2.34. The van der Waals surface area contributed by atoms with E-state index in [4.69, 9.17) is 15.3 Å². The third-order valence-electron chi connectivity index (χ3n) is 2.82. The van der Waals surface area contributed by atoms with Gasteiger partial charge < -0.3 is 14.9 Å². The monoisotopic (exact) mass is 242 g/mol. The van der Waals surface area contributed by atoms with Gasteiger partial charge in [-0.3, -0.25) is 14.5 Å². The molecule has 2 heterocycles. The number of nitrogens with one attached hydrogen (secondary N) is 1. The molecule has 1 aliphatic heterocycles. The predicted octanol–water partition coefficient (Wildman–Crippen LogP) is -2.30. The van der Waals surface area contributed by atoms with Crippen LogP contribution in [0.1, 0.15) is 12.6 Å². The minimum absolute atomic E-state index is 0.150. The van der Waals surface area contributed by atoms with E-state index in [1.807, 2.05) is 0 Å². The zero-order chi connectivity index (χ0) is 12.6. The summed E-state index contributed by atoms with van der Waals surface area (Å²) in [7, 11) is 1.43. The molecule has 0 aliphatic carbocycles. The van der Waals surface area contributed by atoms with Crippen LogP contribution in [0.5, 0.6) is 0 Å². The first kappa shape index (κ1) is 12.0. The third kappa shape index (κ3) is 2.02. The molecule has 0 bridgehead atoms. The normalized spacial score (nSPS) is 28.5. The molecule has 0 amide bonds. The Labute approximate surface area is 96.2 Å². The number of ether oxygens (including phenoxy) is 1. The molecular formula is C9H14N4O4. The first-order valence-corrected chi connectivity index (χ1v) is 5.17. The Morgan fingerprint density at radius 2 is 2.41 bits per heavy atom. The molecule has 0 saturated carbocycles. The summed E-state index contributed by atoms with van der Waals surface area (Å²) in [6.45, 7) is -0.303. The van der Waals surface area contributed by atoms with Crippen molar-refractivity contribution in [2.75, 3.05) is 6.61 Å². The SMILES string of the molecule is Cn1c(=N)ncn([C@H]2C[C@@H](O)C(CO)O2)c1=O. The Morgan fingerprint density at radius 1 is 1.71 bits per heavy atom. The van der Waals surface area contributed by atoms with E-state index in [0.29, 0.717) is 0 Å². The quantitative estimate of drug-likeness (QED) is 0.540. The van der Waals surface area contributed by atoms with Gasteiger partial charge in [-0.2, -0.15) is 0 Å². The van der Waals surface area contributed by atoms with Crippen molar-refractivity contribution in [3.8, 4) is 0 Å². The predicted molar refractivity (Wildman–Crippen MR) is 54.9 cm³/mol. The van der Waals surface area contributed by atoms with Gasteiger partial charge >= 0.3 is 5.69 Å². The summed E-state index contributed by atoms with van der Waals surface area (Å²) >= 11 is 0. The molecule has 0 radical (unpaired) electrons. The number of rotatable bonds is 2. The lowest BCUT2D eigenvalue weighted by atomic mass is 10.2. The average Bonchev–Trinajstić information content (AvgIpc) is 2.67. The first-order valence-electron chi connectivity index (χ1n) is 5.17. The van der Waals surface area contributed by atoms with Crippen LogP contribution in [-0.2, 0) is 11.8 Å². The number of nitrogens with zero attached hydrogens (tertiary/aromatic N) is 3. The number of aliphatic hydroxyl groups excluding tert-OH is 2. The molecule has 2 rings (SSSR count). The zero-order valence-corrected chi connectivity index (χ0v) is 9.28.